The molecule has 0 saturated carbocycles. The predicted octanol–water partition coefficient (Wildman–Crippen LogP) is 0.942. The van der Waals surface area contributed by atoms with Gasteiger partial charge >= 0.3 is 0 Å². The summed E-state index contributed by atoms with van der Waals surface area (Å²) in [5, 5.41) is 9.75. The van der Waals surface area contributed by atoms with Gasteiger partial charge in [0.2, 0.25) is 10.0 Å². The number of pyridine rings is 1. The maximum absolute atomic E-state index is 12.6. The number of hydrogen-bond acceptors (Lipinski definition) is 4. The zero-order valence-electron chi connectivity index (χ0n) is 11.4. The van der Waals surface area contributed by atoms with Gasteiger partial charge in [-0.05, 0) is 49.8 Å². The molecule has 2 atom stereocenters. The monoisotopic (exact) mass is 296 g/mol. The van der Waals surface area contributed by atoms with Crippen LogP contribution in [0.25, 0.3) is 0 Å². The molecule has 0 radical (unpaired) electrons. The first-order valence-corrected chi connectivity index (χ1v) is 8.75. The van der Waals surface area contributed by atoms with Crippen molar-refractivity contribution < 1.29 is 13.5 Å². The Balaban J connectivity index is 1.70. The fourth-order valence-electron chi connectivity index (χ4n) is 3.46. The topological polar surface area (TPSA) is 70.5 Å². The number of fused-ring (bicyclic) bond motifs is 2. The SMILES string of the molecule is O=S(=O)(CCc1ccncc1)N1C2CCC1CC(O)C2. The van der Waals surface area contributed by atoms with E-state index < -0.39 is 10.0 Å². The zero-order chi connectivity index (χ0) is 14.2. The van der Waals surface area contributed by atoms with Crippen LogP contribution in [0.15, 0.2) is 24.5 Å². The third-order valence-electron chi connectivity index (χ3n) is 4.36. The lowest BCUT2D eigenvalue weighted by atomic mass is 10.0. The number of aromatic nitrogens is 1. The minimum absolute atomic E-state index is 0.00573. The number of piperidine rings is 1. The summed E-state index contributed by atoms with van der Waals surface area (Å²) in [7, 11) is -3.24. The molecule has 5 nitrogen and oxygen atoms in total. The molecule has 2 saturated heterocycles. The van der Waals surface area contributed by atoms with Gasteiger partial charge in [-0.3, -0.25) is 4.98 Å². The Bertz CT molecular complexity index is 547. The molecule has 3 heterocycles. The molecule has 2 aliphatic heterocycles. The first-order chi connectivity index (χ1) is 9.56. The number of aliphatic hydroxyl groups is 1. The van der Waals surface area contributed by atoms with Crippen LogP contribution in [0.1, 0.15) is 31.2 Å². The van der Waals surface area contributed by atoms with Crippen LogP contribution in [0, 0.1) is 0 Å². The molecule has 2 fully saturated rings. The Hall–Kier alpha value is -0.980. The van der Waals surface area contributed by atoms with E-state index in [1.807, 2.05) is 12.1 Å². The average molecular weight is 296 g/mol. The molecule has 0 aromatic carbocycles. The third-order valence-corrected chi connectivity index (χ3v) is 6.32. The Morgan fingerprint density at radius 3 is 2.40 bits per heavy atom. The summed E-state index contributed by atoms with van der Waals surface area (Å²) in [5.41, 5.74) is 0.993. The van der Waals surface area contributed by atoms with E-state index in [0.29, 0.717) is 19.3 Å². The third kappa shape index (κ3) is 2.73. The van der Waals surface area contributed by atoms with Crippen molar-refractivity contribution in [3.05, 3.63) is 30.1 Å². The highest BCUT2D eigenvalue weighted by Crippen LogP contribution is 2.38. The highest BCUT2D eigenvalue weighted by Gasteiger charge is 2.45. The van der Waals surface area contributed by atoms with Crippen molar-refractivity contribution in [2.75, 3.05) is 5.75 Å². The van der Waals surface area contributed by atoms with Crippen molar-refractivity contribution >= 4 is 10.0 Å². The smallest absolute Gasteiger partial charge is 0.214 e. The minimum Gasteiger partial charge on any atom is -0.393 e. The van der Waals surface area contributed by atoms with Crippen LogP contribution < -0.4 is 0 Å². The lowest BCUT2D eigenvalue weighted by Gasteiger charge is -2.36. The van der Waals surface area contributed by atoms with Gasteiger partial charge in [0.05, 0.1) is 11.9 Å². The number of aliphatic hydroxyl groups excluding tert-OH is 1. The van der Waals surface area contributed by atoms with Crippen molar-refractivity contribution in [1.82, 2.24) is 9.29 Å². The number of hydrogen-bond donors (Lipinski definition) is 1. The average Bonchev–Trinajstić information content (AvgIpc) is 2.72. The second-order valence-corrected chi connectivity index (χ2v) is 7.76. The summed E-state index contributed by atoms with van der Waals surface area (Å²) >= 11 is 0. The van der Waals surface area contributed by atoms with Crippen molar-refractivity contribution in [2.45, 2.75) is 50.3 Å². The maximum atomic E-state index is 12.6. The highest BCUT2D eigenvalue weighted by atomic mass is 32.2. The standard InChI is InChI=1S/C14H20N2O3S/c17-14-9-12-1-2-13(10-14)16(12)20(18,19)8-5-11-3-6-15-7-4-11/h3-4,6-7,12-14,17H,1-2,5,8-10H2. The lowest BCUT2D eigenvalue weighted by molar-refractivity contribution is 0.0769. The molecule has 1 N–H and O–H groups in total. The first-order valence-electron chi connectivity index (χ1n) is 7.14. The molecule has 2 unspecified atom stereocenters. The summed E-state index contributed by atoms with van der Waals surface area (Å²) in [6.45, 7) is 0. The fraction of sp³-hybridized carbons (Fsp3) is 0.643. The van der Waals surface area contributed by atoms with Crippen molar-refractivity contribution in [3.63, 3.8) is 0 Å². The van der Waals surface area contributed by atoms with Crippen LogP contribution >= 0.6 is 0 Å². The van der Waals surface area contributed by atoms with Gasteiger partial charge in [-0.25, -0.2) is 8.42 Å². The number of rotatable bonds is 4. The summed E-state index contributed by atoms with van der Waals surface area (Å²) in [6, 6.07) is 3.71. The van der Waals surface area contributed by atoms with Crippen LogP contribution in [0.2, 0.25) is 0 Å². The van der Waals surface area contributed by atoms with E-state index in [1.54, 1.807) is 16.7 Å². The van der Waals surface area contributed by atoms with E-state index in [9.17, 15) is 13.5 Å². The Morgan fingerprint density at radius 2 is 1.80 bits per heavy atom. The molecule has 0 amide bonds. The maximum Gasteiger partial charge on any atom is 0.214 e. The van der Waals surface area contributed by atoms with Gasteiger partial charge in [-0.1, -0.05) is 0 Å². The van der Waals surface area contributed by atoms with Crippen LogP contribution in [0.5, 0.6) is 0 Å². The first kappa shape index (κ1) is 14.0. The zero-order valence-corrected chi connectivity index (χ0v) is 12.2. The Kier molecular flexibility index (Phi) is 3.79. The van der Waals surface area contributed by atoms with Crippen molar-refractivity contribution in [2.24, 2.45) is 0 Å². The van der Waals surface area contributed by atoms with E-state index in [2.05, 4.69) is 4.98 Å². The van der Waals surface area contributed by atoms with Gasteiger partial charge in [0.25, 0.3) is 0 Å². The van der Waals surface area contributed by atoms with Crippen molar-refractivity contribution in [3.8, 4) is 0 Å². The van der Waals surface area contributed by atoms with Gasteiger partial charge in [-0.15, -0.1) is 0 Å². The molecule has 2 bridgehead atoms. The largest absolute Gasteiger partial charge is 0.393 e. The van der Waals surface area contributed by atoms with Crippen LogP contribution in [0.3, 0.4) is 0 Å². The summed E-state index contributed by atoms with van der Waals surface area (Å²) in [5.74, 6) is 0.139. The molecular formula is C14H20N2O3S. The normalized spacial score (nSPS) is 30.6. The van der Waals surface area contributed by atoms with E-state index in [0.717, 1.165) is 18.4 Å². The van der Waals surface area contributed by atoms with E-state index in [-0.39, 0.29) is 23.9 Å². The predicted molar refractivity (Wildman–Crippen MR) is 75.6 cm³/mol. The number of aryl methyl sites for hydroxylation is 1. The molecule has 110 valence electrons. The van der Waals surface area contributed by atoms with Gasteiger partial charge in [0.1, 0.15) is 0 Å². The van der Waals surface area contributed by atoms with Gasteiger partial charge in [0.15, 0.2) is 0 Å². The molecule has 1 aromatic rings. The van der Waals surface area contributed by atoms with E-state index in [1.165, 1.54) is 0 Å². The molecule has 2 aliphatic rings. The molecule has 3 rings (SSSR count). The van der Waals surface area contributed by atoms with E-state index >= 15 is 0 Å². The van der Waals surface area contributed by atoms with Gasteiger partial charge in [0, 0.05) is 24.5 Å². The molecule has 0 aliphatic carbocycles. The molecular weight excluding hydrogens is 276 g/mol. The Morgan fingerprint density at radius 1 is 1.20 bits per heavy atom. The van der Waals surface area contributed by atoms with Gasteiger partial charge in [-0.2, -0.15) is 4.31 Å². The summed E-state index contributed by atoms with van der Waals surface area (Å²) in [6.07, 6.45) is 6.50. The highest BCUT2D eigenvalue weighted by molar-refractivity contribution is 7.89. The second-order valence-electron chi connectivity index (χ2n) is 5.76. The van der Waals surface area contributed by atoms with Crippen LogP contribution in [0.4, 0.5) is 0 Å². The molecule has 0 spiro atoms. The van der Waals surface area contributed by atoms with E-state index in [4.69, 9.17) is 0 Å². The molecule has 6 heteroatoms. The minimum atomic E-state index is -3.24. The number of nitrogens with zero attached hydrogens (tertiary/aromatic N) is 2. The summed E-state index contributed by atoms with van der Waals surface area (Å²) < 4.78 is 26.8. The fourth-order valence-corrected chi connectivity index (χ4v) is 5.46. The van der Waals surface area contributed by atoms with Gasteiger partial charge < -0.3 is 5.11 Å². The molecule has 20 heavy (non-hydrogen) atoms. The Labute approximate surface area is 119 Å². The van der Waals surface area contributed by atoms with Crippen LogP contribution in [-0.4, -0.2) is 46.8 Å². The second kappa shape index (κ2) is 5.42. The lowest BCUT2D eigenvalue weighted by Crippen LogP contribution is -2.48. The molecule has 1 aromatic heterocycles. The van der Waals surface area contributed by atoms with Crippen LogP contribution in [-0.2, 0) is 16.4 Å². The van der Waals surface area contributed by atoms with Crippen molar-refractivity contribution in [1.29, 1.82) is 0 Å². The summed E-state index contributed by atoms with van der Waals surface area (Å²) in [4.78, 5) is 3.93. The quantitative estimate of drug-likeness (QED) is 0.898. The number of sulfonamides is 1.